The van der Waals surface area contributed by atoms with E-state index in [1.807, 2.05) is 30.3 Å². The Morgan fingerprint density at radius 2 is 1.83 bits per heavy atom. The quantitative estimate of drug-likeness (QED) is 0.633. The van der Waals surface area contributed by atoms with E-state index in [2.05, 4.69) is 5.32 Å². The molecule has 0 atom stereocenters. The number of ether oxygens (including phenoxy) is 1. The van der Waals surface area contributed by atoms with Crippen molar-refractivity contribution in [2.75, 3.05) is 20.2 Å². The molecule has 1 N–H and O–H groups in total. The summed E-state index contributed by atoms with van der Waals surface area (Å²) >= 11 is 5.94. The molecular formula is C21H22ClFN2O4. The summed E-state index contributed by atoms with van der Waals surface area (Å²) < 4.78 is 18.7. The summed E-state index contributed by atoms with van der Waals surface area (Å²) in [5.74, 6) is -1.83. The van der Waals surface area contributed by atoms with Crippen molar-refractivity contribution in [2.24, 2.45) is 0 Å². The second-order valence-corrected chi connectivity index (χ2v) is 6.78. The van der Waals surface area contributed by atoms with E-state index in [1.165, 1.54) is 30.1 Å². The molecule has 0 unspecified atom stereocenters. The highest BCUT2D eigenvalue weighted by Gasteiger charge is 2.16. The second-order valence-electron chi connectivity index (χ2n) is 6.37. The lowest BCUT2D eigenvalue weighted by molar-refractivity contribution is -0.151. The van der Waals surface area contributed by atoms with Crippen LogP contribution in [0.4, 0.5) is 4.39 Å². The van der Waals surface area contributed by atoms with Crippen LogP contribution >= 0.6 is 11.6 Å². The maximum Gasteiger partial charge on any atom is 0.308 e. The van der Waals surface area contributed by atoms with E-state index in [0.29, 0.717) is 0 Å². The van der Waals surface area contributed by atoms with Crippen molar-refractivity contribution in [3.63, 3.8) is 0 Å². The van der Waals surface area contributed by atoms with E-state index >= 15 is 0 Å². The van der Waals surface area contributed by atoms with Gasteiger partial charge in [0.05, 0.1) is 12.8 Å². The van der Waals surface area contributed by atoms with Crippen molar-refractivity contribution >= 4 is 29.4 Å². The first-order valence-electron chi connectivity index (χ1n) is 9.00. The zero-order valence-corrected chi connectivity index (χ0v) is 16.7. The van der Waals surface area contributed by atoms with Crippen LogP contribution in [0, 0.1) is 5.82 Å². The fourth-order valence-electron chi connectivity index (χ4n) is 2.48. The molecule has 8 heteroatoms. The van der Waals surface area contributed by atoms with Gasteiger partial charge in [-0.05, 0) is 17.7 Å². The Bertz CT molecular complexity index is 841. The number of likely N-dealkylation sites (N-methyl/N-ethyl adjacent to an activating group) is 1. The number of carbonyl (C=O) groups is 3. The maximum absolute atomic E-state index is 13.8. The maximum atomic E-state index is 13.8. The molecule has 0 bridgehead atoms. The van der Waals surface area contributed by atoms with Gasteiger partial charge in [0.1, 0.15) is 5.82 Å². The first-order valence-corrected chi connectivity index (χ1v) is 9.37. The van der Waals surface area contributed by atoms with Gasteiger partial charge in [0, 0.05) is 30.7 Å². The molecule has 0 aliphatic heterocycles. The normalized spacial score (nSPS) is 10.3. The van der Waals surface area contributed by atoms with Crippen molar-refractivity contribution < 1.29 is 23.5 Å². The Hall–Kier alpha value is -2.93. The van der Waals surface area contributed by atoms with Gasteiger partial charge >= 0.3 is 5.97 Å². The summed E-state index contributed by atoms with van der Waals surface area (Å²) in [5.41, 5.74) is 1.06. The highest BCUT2D eigenvalue weighted by molar-refractivity contribution is 6.31. The van der Waals surface area contributed by atoms with Crippen LogP contribution in [0.2, 0.25) is 5.02 Å². The number of nitrogens with zero attached hydrogens (tertiary/aromatic N) is 1. The van der Waals surface area contributed by atoms with Gasteiger partial charge in [-0.25, -0.2) is 4.39 Å². The number of rotatable bonds is 9. The molecule has 0 aliphatic rings. The molecule has 2 aromatic carbocycles. The minimum atomic E-state index is -0.615. The first kappa shape index (κ1) is 22.4. The van der Waals surface area contributed by atoms with Crippen LogP contribution in [0.25, 0.3) is 0 Å². The van der Waals surface area contributed by atoms with Crippen LogP contribution in [-0.4, -0.2) is 42.9 Å². The molecule has 6 nitrogen and oxygen atoms in total. The molecule has 0 heterocycles. The number of benzene rings is 2. The third-order valence-electron chi connectivity index (χ3n) is 4.10. The number of carbonyl (C=O) groups excluding carboxylic acids is 3. The minimum Gasteiger partial charge on any atom is -0.456 e. The fourth-order valence-corrected chi connectivity index (χ4v) is 2.70. The van der Waals surface area contributed by atoms with Crippen LogP contribution in [0.15, 0.2) is 48.5 Å². The summed E-state index contributed by atoms with van der Waals surface area (Å²) in [6.07, 6.45) is 0.161. The van der Waals surface area contributed by atoms with Crippen molar-refractivity contribution in [3.8, 4) is 0 Å². The van der Waals surface area contributed by atoms with Crippen molar-refractivity contribution in [3.05, 3.63) is 70.5 Å². The van der Waals surface area contributed by atoms with E-state index in [1.54, 1.807) is 0 Å². The lowest BCUT2D eigenvalue weighted by Crippen LogP contribution is -2.32. The van der Waals surface area contributed by atoms with E-state index in [9.17, 15) is 18.8 Å². The molecule has 2 aromatic rings. The van der Waals surface area contributed by atoms with Crippen molar-refractivity contribution in [1.82, 2.24) is 10.2 Å². The molecule has 0 aromatic heterocycles. The second kappa shape index (κ2) is 11.2. The molecule has 2 rings (SSSR count). The topological polar surface area (TPSA) is 75.7 Å². The van der Waals surface area contributed by atoms with Crippen LogP contribution in [0.3, 0.4) is 0 Å². The molecule has 0 radical (unpaired) electrons. The van der Waals surface area contributed by atoms with Gasteiger partial charge in [-0.1, -0.05) is 48.0 Å². The Labute approximate surface area is 173 Å². The van der Waals surface area contributed by atoms with Gasteiger partial charge < -0.3 is 15.0 Å². The minimum absolute atomic E-state index is 0.0442. The SMILES string of the molecule is CN(Cc1c(F)cccc1Cl)C(=O)COC(=O)CCNC(=O)Cc1ccccc1. The molecule has 0 spiro atoms. The number of hydrogen-bond donors (Lipinski definition) is 1. The summed E-state index contributed by atoms with van der Waals surface area (Å²) in [6, 6.07) is 13.5. The summed E-state index contributed by atoms with van der Waals surface area (Å²) in [6.45, 7) is -0.407. The van der Waals surface area contributed by atoms with Crippen LogP contribution < -0.4 is 5.32 Å². The molecule has 0 saturated carbocycles. The average molecular weight is 421 g/mol. The lowest BCUT2D eigenvalue weighted by Gasteiger charge is -2.18. The van der Waals surface area contributed by atoms with E-state index in [0.717, 1.165) is 5.56 Å². The molecular weight excluding hydrogens is 399 g/mol. The zero-order valence-electron chi connectivity index (χ0n) is 16.0. The molecule has 0 saturated heterocycles. The van der Waals surface area contributed by atoms with E-state index in [4.69, 9.17) is 16.3 Å². The summed E-state index contributed by atoms with van der Waals surface area (Å²) in [7, 11) is 1.46. The van der Waals surface area contributed by atoms with Gasteiger partial charge in [-0.15, -0.1) is 0 Å². The van der Waals surface area contributed by atoms with Crippen molar-refractivity contribution in [1.29, 1.82) is 0 Å². The summed E-state index contributed by atoms with van der Waals surface area (Å²) in [4.78, 5) is 36.9. The fraction of sp³-hybridized carbons (Fsp3) is 0.286. The highest BCUT2D eigenvalue weighted by Crippen LogP contribution is 2.20. The van der Waals surface area contributed by atoms with E-state index in [-0.39, 0.29) is 42.4 Å². The molecule has 29 heavy (non-hydrogen) atoms. The third-order valence-corrected chi connectivity index (χ3v) is 4.45. The highest BCUT2D eigenvalue weighted by atomic mass is 35.5. The standard InChI is InChI=1S/C21H22ClFN2O4/c1-25(13-16-17(22)8-5-9-18(16)23)20(27)14-29-21(28)10-11-24-19(26)12-15-6-3-2-4-7-15/h2-9H,10-14H2,1H3,(H,24,26). The molecule has 2 amide bonds. The molecule has 0 aliphatic carbocycles. The summed E-state index contributed by atoms with van der Waals surface area (Å²) in [5, 5.41) is 2.84. The number of hydrogen-bond acceptors (Lipinski definition) is 4. The van der Waals surface area contributed by atoms with Gasteiger partial charge in [-0.3, -0.25) is 14.4 Å². The number of nitrogens with one attached hydrogen (secondary N) is 1. The monoisotopic (exact) mass is 420 g/mol. The van der Waals surface area contributed by atoms with E-state index < -0.39 is 24.3 Å². The number of halogens is 2. The smallest absolute Gasteiger partial charge is 0.308 e. The largest absolute Gasteiger partial charge is 0.456 e. The van der Waals surface area contributed by atoms with Crippen LogP contribution in [0.5, 0.6) is 0 Å². The Morgan fingerprint density at radius 1 is 1.10 bits per heavy atom. The van der Waals surface area contributed by atoms with Gasteiger partial charge in [-0.2, -0.15) is 0 Å². The van der Waals surface area contributed by atoms with Gasteiger partial charge in [0.2, 0.25) is 5.91 Å². The number of amides is 2. The Kier molecular flexibility index (Phi) is 8.61. The average Bonchev–Trinajstić information content (AvgIpc) is 2.69. The molecule has 154 valence electrons. The van der Waals surface area contributed by atoms with Crippen LogP contribution in [0.1, 0.15) is 17.5 Å². The third kappa shape index (κ3) is 7.54. The molecule has 0 fully saturated rings. The van der Waals surface area contributed by atoms with Crippen LogP contribution in [-0.2, 0) is 32.1 Å². The van der Waals surface area contributed by atoms with Gasteiger partial charge in [0.15, 0.2) is 6.61 Å². The van der Waals surface area contributed by atoms with Gasteiger partial charge in [0.25, 0.3) is 5.91 Å². The predicted octanol–water partition coefficient (Wildman–Crippen LogP) is 2.73. The Morgan fingerprint density at radius 3 is 2.52 bits per heavy atom. The predicted molar refractivity (Wildman–Crippen MR) is 107 cm³/mol. The number of esters is 1. The first-order chi connectivity index (χ1) is 13.9. The zero-order chi connectivity index (χ0) is 21.2. The lowest BCUT2D eigenvalue weighted by atomic mass is 10.1. The van der Waals surface area contributed by atoms with Crippen molar-refractivity contribution in [2.45, 2.75) is 19.4 Å². The Balaban J connectivity index is 1.67.